The number of rotatable bonds is 4. The molecule has 0 N–H and O–H groups in total. The van der Waals surface area contributed by atoms with Crippen molar-refractivity contribution >= 4 is 54.7 Å². The Kier molecular flexibility index (Phi) is 3.66. The number of hydrogen-bond acceptors (Lipinski definition) is 2. The molecular formula is C22H19N3S+2. The highest BCUT2D eigenvalue weighted by Gasteiger charge is 2.35. The van der Waals surface area contributed by atoms with E-state index in [2.05, 4.69) is 75.6 Å². The molecule has 0 saturated carbocycles. The molecule has 0 spiro atoms. The third-order valence-corrected chi connectivity index (χ3v) is 6.02. The van der Waals surface area contributed by atoms with Gasteiger partial charge in [-0.15, -0.1) is 11.3 Å². The molecular weight excluding hydrogens is 338 g/mol. The van der Waals surface area contributed by atoms with Gasteiger partial charge in [-0.05, 0) is 16.7 Å². The molecule has 0 unspecified atom stereocenters. The number of nitrogens with zero attached hydrogens (tertiary/aromatic N) is 3. The monoisotopic (exact) mass is 357 g/mol. The minimum absolute atomic E-state index is 0.994. The minimum Gasteiger partial charge on any atom is -0.245 e. The van der Waals surface area contributed by atoms with Gasteiger partial charge in [0.1, 0.15) is 9.53 Å². The number of thiophene rings is 1. The van der Waals surface area contributed by atoms with E-state index in [4.69, 9.17) is 0 Å². The Hall–Kier alpha value is -2.81. The highest BCUT2D eigenvalue weighted by atomic mass is 32.1. The van der Waals surface area contributed by atoms with E-state index in [0.29, 0.717) is 0 Å². The van der Waals surface area contributed by atoms with E-state index in [-0.39, 0.29) is 0 Å². The van der Waals surface area contributed by atoms with Crippen LogP contribution in [-0.2, 0) is 0 Å². The number of fused-ring (bicyclic) bond motifs is 4. The van der Waals surface area contributed by atoms with E-state index in [9.17, 15) is 0 Å². The maximum atomic E-state index is 4.56. The van der Waals surface area contributed by atoms with Crippen LogP contribution in [0.5, 0.6) is 0 Å². The Labute approximate surface area is 156 Å². The molecule has 1 aliphatic heterocycles. The summed E-state index contributed by atoms with van der Waals surface area (Å²) in [5.41, 5.74) is 3.61. The largest absolute Gasteiger partial charge is 0.496 e. The Morgan fingerprint density at radius 3 is 2.62 bits per heavy atom. The molecule has 0 aliphatic carbocycles. The predicted octanol–water partition coefficient (Wildman–Crippen LogP) is 5.92. The second kappa shape index (κ2) is 6.17. The maximum absolute atomic E-state index is 4.56. The maximum Gasteiger partial charge on any atom is 0.496 e. The zero-order valence-electron chi connectivity index (χ0n) is 14.6. The lowest BCUT2D eigenvalue weighted by Gasteiger charge is -1.97. The van der Waals surface area contributed by atoms with Crippen molar-refractivity contribution in [2.75, 3.05) is 6.54 Å². The van der Waals surface area contributed by atoms with Gasteiger partial charge in [0.15, 0.2) is 6.54 Å². The van der Waals surface area contributed by atoms with Crippen molar-refractivity contribution in [3.05, 3.63) is 60.8 Å². The van der Waals surface area contributed by atoms with Gasteiger partial charge in [0.05, 0.1) is 0 Å². The summed E-state index contributed by atoms with van der Waals surface area (Å²) < 4.78 is 5.73. The summed E-state index contributed by atoms with van der Waals surface area (Å²) in [6.45, 7) is 3.22. The van der Waals surface area contributed by atoms with Crippen LogP contribution >= 0.6 is 11.3 Å². The van der Waals surface area contributed by atoms with Crippen molar-refractivity contribution in [1.82, 2.24) is 9.56 Å². The Morgan fingerprint density at radius 1 is 0.923 bits per heavy atom. The van der Waals surface area contributed by atoms with Crippen LogP contribution in [0.2, 0.25) is 0 Å². The molecule has 0 atom stereocenters. The van der Waals surface area contributed by atoms with Crippen LogP contribution in [0, 0.1) is 0 Å². The van der Waals surface area contributed by atoms with Gasteiger partial charge in [0, 0.05) is 41.6 Å². The number of aromatic nitrogens is 1. The first-order chi connectivity index (χ1) is 12.9. The lowest BCUT2D eigenvalue weighted by atomic mass is 10.1. The first-order valence-electron chi connectivity index (χ1n) is 9.06. The molecule has 0 bridgehead atoms. The quantitative estimate of drug-likeness (QED) is 0.415. The van der Waals surface area contributed by atoms with Gasteiger partial charge in [-0.3, -0.25) is 0 Å². The van der Waals surface area contributed by atoms with Crippen LogP contribution in [0.3, 0.4) is 0 Å². The van der Waals surface area contributed by atoms with Gasteiger partial charge in [-0.2, -0.15) is 0 Å². The van der Waals surface area contributed by atoms with E-state index in [1.807, 2.05) is 12.3 Å². The fraction of sp³-hybridized carbons (Fsp3) is 0.182. The number of unbranched alkanes of at least 4 members (excludes halogenated alkanes) is 1. The van der Waals surface area contributed by atoms with Gasteiger partial charge in [-0.25, -0.2) is 4.98 Å². The zero-order valence-corrected chi connectivity index (χ0v) is 15.5. The normalized spacial score (nSPS) is 13.1. The highest BCUT2D eigenvalue weighted by Crippen LogP contribution is 2.41. The molecule has 0 saturated heterocycles. The fourth-order valence-corrected chi connectivity index (χ4v) is 4.72. The second-order valence-corrected chi connectivity index (χ2v) is 7.54. The number of para-hydroxylation sites is 2. The van der Waals surface area contributed by atoms with Crippen LogP contribution in [0.15, 0.2) is 60.8 Å². The van der Waals surface area contributed by atoms with Crippen molar-refractivity contribution in [3.63, 3.8) is 0 Å². The van der Waals surface area contributed by atoms with Gasteiger partial charge in [-0.1, -0.05) is 42.2 Å². The van der Waals surface area contributed by atoms with E-state index >= 15 is 0 Å². The summed E-state index contributed by atoms with van der Waals surface area (Å²) in [5.74, 6) is 0. The first kappa shape index (κ1) is 15.4. The molecule has 1 aliphatic rings. The van der Waals surface area contributed by atoms with Crippen molar-refractivity contribution < 1.29 is 4.58 Å². The molecule has 4 heteroatoms. The summed E-state index contributed by atoms with van der Waals surface area (Å²) in [5, 5.41) is 2.49. The van der Waals surface area contributed by atoms with Gasteiger partial charge < -0.3 is 0 Å². The molecule has 3 nitrogen and oxygen atoms in total. The molecule has 0 radical (unpaired) electrons. The van der Waals surface area contributed by atoms with Crippen LogP contribution in [-0.4, -0.2) is 22.1 Å². The van der Waals surface area contributed by atoms with Crippen LogP contribution in [0.25, 0.3) is 20.3 Å². The molecule has 5 rings (SSSR count). The Morgan fingerprint density at radius 2 is 1.73 bits per heavy atom. The predicted molar refractivity (Wildman–Crippen MR) is 110 cm³/mol. The highest BCUT2D eigenvalue weighted by molar-refractivity contribution is 7.26. The summed E-state index contributed by atoms with van der Waals surface area (Å²) in [6, 6.07) is 22.8. The Bertz CT molecular complexity index is 1210. The summed E-state index contributed by atoms with van der Waals surface area (Å²) in [7, 11) is 0. The van der Waals surface area contributed by atoms with E-state index in [1.165, 1.54) is 39.0 Å². The molecule has 0 fully saturated rings. The topological polar surface area (TPSA) is 18.9 Å². The molecule has 2 aromatic carbocycles. The van der Waals surface area contributed by atoms with E-state index in [1.54, 1.807) is 11.3 Å². The SMILES string of the molecule is CCCC[N+]1=C=[N+](c2cccc3c2sc2ncccc23)c2ccccc21. The van der Waals surface area contributed by atoms with Crippen LogP contribution in [0.4, 0.5) is 17.1 Å². The third-order valence-electron chi connectivity index (χ3n) is 4.86. The van der Waals surface area contributed by atoms with Gasteiger partial charge >= 0.3 is 6.01 Å². The van der Waals surface area contributed by atoms with Crippen molar-refractivity contribution in [3.8, 4) is 0 Å². The molecule has 126 valence electrons. The second-order valence-electron chi connectivity index (χ2n) is 6.54. The fourth-order valence-electron chi connectivity index (χ4n) is 3.57. The van der Waals surface area contributed by atoms with Crippen LogP contribution < -0.4 is 4.58 Å². The average Bonchev–Trinajstić information content (AvgIpc) is 3.25. The third kappa shape index (κ3) is 2.31. The Balaban J connectivity index is 1.78. The van der Waals surface area contributed by atoms with Gasteiger partial charge in [0.2, 0.25) is 5.69 Å². The zero-order chi connectivity index (χ0) is 17.5. The van der Waals surface area contributed by atoms with E-state index in [0.717, 1.165) is 17.8 Å². The number of pyridine rings is 1. The standard InChI is InChI=1S/C22H19N3S/c1-2-3-14-24-15-25(19-11-5-4-10-18(19)24)20-12-6-8-16-17-9-7-13-23-22(17)26-21(16)20/h4-13H,2-3,14H2,1H3/q+2. The molecule has 26 heavy (non-hydrogen) atoms. The van der Waals surface area contributed by atoms with E-state index < -0.39 is 0 Å². The first-order valence-corrected chi connectivity index (χ1v) is 9.87. The van der Waals surface area contributed by atoms with Gasteiger partial charge in [0.25, 0.3) is 11.4 Å². The minimum atomic E-state index is 0.994. The summed E-state index contributed by atoms with van der Waals surface area (Å²) in [4.78, 5) is 5.64. The molecule has 2 aromatic heterocycles. The summed E-state index contributed by atoms with van der Waals surface area (Å²) in [6.07, 6.45) is 4.21. The smallest absolute Gasteiger partial charge is 0.245 e. The number of hydrogen-bond donors (Lipinski definition) is 0. The lowest BCUT2D eigenvalue weighted by molar-refractivity contribution is -0.431. The molecule has 4 aromatic rings. The summed E-state index contributed by atoms with van der Waals surface area (Å²) >= 11 is 1.76. The van der Waals surface area contributed by atoms with Crippen molar-refractivity contribution in [2.24, 2.45) is 0 Å². The van der Waals surface area contributed by atoms with Crippen molar-refractivity contribution in [2.45, 2.75) is 19.8 Å². The molecule has 3 heterocycles. The van der Waals surface area contributed by atoms with Crippen LogP contribution in [0.1, 0.15) is 19.8 Å². The van der Waals surface area contributed by atoms with Crippen molar-refractivity contribution in [1.29, 1.82) is 0 Å². The average molecular weight is 357 g/mol. The molecule has 0 amide bonds. The lowest BCUT2D eigenvalue weighted by Crippen LogP contribution is -2.04. The number of benzene rings is 2.